The zero-order valence-corrected chi connectivity index (χ0v) is 25.6. The van der Waals surface area contributed by atoms with Gasteiger partial charge in [0.05, 0.1) is 29.9 Å². The molecular weight excluding hydrogens is 572 g/mol. The van der Waals surface area contributed by atoms with Crippen molar-refractivity contribution in [3.05, 3.63) is 98.8 Å². The zero-order valence-electron chi connectivity index (χ0n) is 24.9. The molecule has 0 aliphatic carbocycles. The number of aromatic amines is 1. The van der Waals surface area contributed by atoms with Crippen molar-refractivity contribution in [2.45, 2.75) is 26.7 Å². The number of nitrogens with one attached hydrogen (secondary N) is 2. The van der Waals surface area contributed by atoms with Gasteiger partial charge in [0.2, 0.25) is 5.91 Å². The molecule has 0 spiro atoms. The first kappa shape index (κ1) is 34.8. The van der Waals surface area contributed by atoms with E-state index >= 15 is 0 Å². The standard InChI is InChI=1S/C21H20ClN3O6.C9H13N.C2H6/c1-29-5-6-31-18-9-12-7-13(20(27)24-15(12)10-17(18)30-2)21(28)25-16-8-11(19(23)26)3-4-14(16)22;10-8-4-7-9-5-2-1-3-6-9;1-2/h3-4,7-10H,5-6H2,1-2H3,(H2,23,26)(H,24,27)(H,25,28);1-3,5-6H,4,7-8,10H2;1-2H3. The lowest BCUT2D eigenvalue weighted by atomic mass is 10.1. The number of ether oxygens (including phenoxy) is 3. The predicted octanol–water partition coefficient (Wildman–Crippen LogP) is 5.17. The summed E-state index contributed by atoms with van der Waals surface area (Å²) < 4.78 is 15.9. The molecule has 3 aromatic carbocycles. The van der Waals surface area contributed by atoms with Crippen LogP contribution < -0.4 is 31.8 Å². The molecule has 11 heteroatoms. The number of aryl methyl sites for hydroxylation is 1. The quantitative estimate of drug-likeness (QED) is 0.170. The number of carbonyl (C=O) groups is 2. The van der Waals surface area contributed by atoms with Crippen LogP contribution in [0.4, 0.5) is 5.69 Å². The van der Waals surface area contributed by atoms with Crippen LogP contribution in [-0.2, 0) is 11.2 Å². The van der Waals surface area contributed by atoms with Crippen molar-refractivity contribution in [3.63, 3.8) is 0 Å². The Labute approximate surface area is 256 Å². The van der Waals surface area contributed by atoms with Crippen molar-refractivity contribution < 1.29 is 23.8 Å². The van der Waals surface area contributed by atoms with Crippen LogP contribution in [0.5, 0.6) is 11.5 Å². The van der Waals surface area contributed by atoms with Gasteiger partial charge in [-0.25, -0.2) is 0 Å². The lowest BCUT2D eigenvalue weighted by Gasteiger charge is -2.13. The number of amides is 2. The molecule has 4 rings (SSSR count). The van der Waals surface area contributed by atoms with Crippen LogP contribution in [0.2, 0.25) is 5.02 Å². The van der Waals surface area contributed by atoms with Gasteiger partial charge in [-0.3, -0.25) is 14.4 Å². The van der Waals surface area contributed by atoms with Crippen molar-refractivity contribution in [2.75, 3.05) is 39.3 Å². The normalized spacial score (nSPS) is 10.1. The topological polar surface area (TPSA) is 159 Å². The number of hydrogen-bond donors (Lipinski definition) is 4. The first-order chi connectivity index (χ1) is 20.8. The van der Waals surface area contributed by atoms with Gasteiger partial charge in [-0.1, -0.05) is 55.8 Å². The number of hydrogen-bond acceptors (Lipinski definition) is 7. The summed E-state index contributed by atoms with van der Waals surface area (Å²) in [5.41, 5.74) is 12.0. The molecule has 0 unspecified atom stereocenters. The number of halogens is 1. The van der Waals surface area contributed by atoms with E-state index in [0.29, 0.717) is 35.6 Å². The highest BCUT2D eigenvalue weighted by Gasteiger charge is 2.16. The number of nitrogens with two attached hydrogens (primary N) is 2. The first-order valence-corrected chi connectivity index (χ1v) is 14.2. The van der Waals surface area contributed by atoms with Gasteiger partial charge < -0.3 is 36.0 Å². The fourth-order valence-corrected chi connectivity index (χ4v) is 3.97. The van der Waals surface area contributed by atoms with Crippen molar-refractivity contribution in [1.29, 1.82) is 0 Å². The van der Waals surface area contributed by atoms with Crippen LogP contribution in [0.25, 0.3) is 10.9 Å². The molecule has 43 heavy (non-hydrogen) atoms. The Morgan fingerprint density at radius 3 is 2.30 bits per heavy atom. The lowest BCUT2D eigenvalue weighted by molar-refractivity contribution is 0.0996. The van der Waals surface area contributed by atoms with Crippen LogP contribution >= 0.6 is 11.6 Å². The number of carbonyl (C=O) groups excluding carboxylic acids is 2. The van der Waals surface area contributed by atoms with Crippen molar-refractivity contribution >= 4 is 40.0 Å². The number of fused-ring (bicyclic) bond motifs is 1. The summed E-state index contributed by atoms with van der Waals surface area (Å²) in [6.07, 6.45) is 2.20. The Morgan fingerprint density at radius 2 is 1.67 bits per heavy atom. The summed E-state index contributed by atoms with van der Waals surface area (Å²) in [6.45, 7) is 5.46. The number of anilines is 1. The summed E-state index contributed by atoms with van der Waals surface area (Å²) in [5.74, 6) is -0.524. The highest BCUT2D eigenvalue weighted by atomic mass is 35.5. The largest absolute Gasteiger partial charge is 0.493 e. The van der Waals surface area contributed by atoms with Gasteiger partial charge in [0, 0.05) is 24.1 Å². The minimum atomic E-state index is -0.704. The minimum absolute atomic E-state index is 0.152. The molecule has 0 atom stereocenters. The third-order valence-corrected chi connectivity index (χ3v) is 6.26. The van der Waals surface area contributed by atoms with E-state index in [1.54, 1.807) is 19.2 Å². The molecule has 1 heterocycles. The van der Waals surface area contributed by atoms with Crippen LogP contribution in [0.3, 0.4) is 0 Å². The molecule has 0 saturated carbocycles. The maximum atomic E-state index is 12.8. The lowest BCUT2D eigenvalue weighted by Crippen LogP contribution is -2.23. The highest BCUT2D eigenvalue weighted by molar-refractivity contribution is 6.34. The average molecular weight is 611 g/mol. The van der Waals surface area contributed by atoms with E-state index in [4.69, 9.17) is 37.3 Å². The van der Waals surface area contributed by atoms with Crippen molar-refractivity contribution in [1.82, 2.24) is 4.98 Å². The van der Waals surface area contributed by atoms with E-state index in [1.165, 1.54) is 36.9 Å². The predicted molar refractivity (Wildman–Crippen MR) is 172 cm³/mol. The summed E-state index contributed by atoms with van der Waals surface area (Å²) in [6, 6.07) is 19.3. The smallest absolute Gasteiger partial charge is 0.261 e. The number of rotatable bonds is 11. The number of aromatic nitrogens is 1. The van der Waals surface area contributed by atoms with Crippen LogP contribution in [0, 0.1) is 0 Å². The zero-order chi connectivity index (χ0) is 31.8. The average Bonchev–Trinajstić information content (AvgIpc) is 3.02. The van der Waals surface area contributed by atoms with Crippen molar-refractivity contribution in [2.24, 2.45) is 11.5 Å². The Morgan fingerprint density at radius 1 is 0.953 bits per heavy atom. The fraction of sp³-hybridized carbons (Fsp3) is 0.281. The van der Waals surface area contributed by atoms with E-state index in [9.17, 15) is 14.4 Å². The van der Waals surface area contributed by atoms with E-state index in [1.807, 2.05) is 19.9 Å². The monoisotopic (exact) mass is 610 g/mol. The Bertz CT molecular complexity index is 1540. The van der Waals surface area contributed by atoms with Gasteiger partial charge in [-0.05, 0) is 55.3 Å². The Kier molecular flexibility index (Phi) is 14.8. The van der Waals surface area contributed by atoms with E-state index in [0.717, 1.165) is 19.4 Å². The second-order valence-electron chi connectivity index (χ2n) is 8.83. The number of methoxy groups -OCH3 is 2. The number of pyridine rings is 1. The Hall–Kier alpha value is -4.38. The second kappa shape index (κ2) is 18.2. The Balaban J connectivity index is 0.000000451. The summed E-state index contributed by atoms with van der Waals surface area (Å²) in [7, 11) is 3.04. The number of primary amides is 1. The number of H-pyrrole nitrogens is 1. The minimum Gasteiger partial charge on any atom is -0.493 e. The summed E-state index contributed by atoms with van der Waals surface area (Å²) >= 11 is 6.09. The van der Waals surface area contributed by atoms with Gasteiger partial charge in [0.25, 0.3) is 11.5 Å². The molecule has 230 valence electrons. The SMILES string of the molecule is CC.COCCOc1cc2cc(C(=O)Nc3cc(C(N)=O)ccc3Cl)c(=O)[nH]c2cc1OC.NCCCc1ccccc1. The van der Waals surface area contributed by atoms with Gasteiger partial charge in [-0.15, -0.1) is 0 Å². The van der Waals surface area contributed by atoms with Gasteiger partial charge in [0.1, 0.15) is 12.2 Å². The maximum absolute atomic E-state index is 12.8. The third-order valence-electron chi connectivity index (χ3n) is 5.93. The molecule has 1 aromatic heterocycles. The van der Waals surface area contributed by atoms with E-state index in [2.05, 4.69) is 34.6 Å². The third kappa shape index (κ3) is 10.4. The molecule has 10 nitrogen and oxygen atoms in total. The molecule has 0 radical (unpaired) electrons. The molecule has 0 fully saturated rings. The van der Waals surface area contributed by atoms with Gasteiger partial charge in [-0.2, -0.15) is 0 Å². The maximum Gasteiger partial charge on any atom is 0.261 e. The summed E-state index contributed by atoms with van der Waals surface area (Å²) in [4.78, 5) is 39.3. The van der Waals surface area contributed by atoms with Crippen LogP contribution in [-0.4, -0.2) is 50.8 Å². The molecule has 0 saturated heterocycles. The molecule has 0 aliphatic heterocycles. The van der Waals surface area contributed by atoms with Crippen molar-refractivity contribution in [3.8, 4) is 11.5 Å². The molecular formula is C32H39ClN4O6. The summed E-state index contributed by atoms with van der Waals surface area (Å²) in [5, 5.41) is 3.28. The molecule has 4 aromatic rings. The van der Waals surface area contributed by atoms with Gasteiger partial charge >= 0.3 is 0 Å². The molecule has 0 aliphatic rings. The fourth-order valence-electron chi connectivity index (χ4n) is 3.80. The van der Waals surface area contributed by atoms with Crippen LogP contribution in [0.1, 0.15) is 46.5 Å². The van der Waals surface area contributed by atoms with E-state index < -0.39 is 17.4 Å². The van der Waals surface area contributed by atoms with E-state index in [-0.39, 0.29) is 21.8 Å². The molecule has 6 N–H and O–H groups in total. The second-order valence-corrected chi connectivity index (χ2v) is 9.24. The molecule has 0 bridgehead atoms. The van der Waals surface area contributed by atoms with Gasteiger partial charge in [0.15, 0.2) is 11.5 Å². The highest BCUT2D eigenvalue weighted by Crippen LogP contribution is 2.31. The first-order valence-electron chi connectivity index (χ1n) is 13.8. The number of benzene rings is 3. The molecule has 2 amide bonds. The van der Waals surface area contributed by atoms with Crippen LogP contribution in [0.15, 0.2) is 71.5 Å².